The lowest BCUT2D eigenvalue weighted by molar-refractivity contribution is 0.615. The van der Waals surface area contributed by atoms with E-state index in [-0.39, 0.29) is 24.0 Å². The first-order chi connectivity index (χ1) is 8.11. The van der Waals surface area contributed by atoms with Crippen LogP contribution in [0.3, 0.4) is 0 Å². The SMILES string of the molecule is CCNC(=NCc1ccc(Br)s1)NCC(C)C.I. The fraction of sp³-hybridized carbons (Fsp3) is 0.583. The van der Waals surface area contributed by atoms with E-state index in [1.165, 1.54) is 4.88 Å². The van der Waals surface area contributed by atoms with Crippen molar-refractivity contribution in [1.29, 1.82) is 0 Å². The predicted octanol–water partition coefficient (Wildman–Crippen LogP) is 3.84. The van der Waals surface area contributed by atoms with Crippen LogP contribution in [0.15, 0.2) is 20.9 Å². The zero-order chi connectivity index (χ0) is 12.7. The van der Waals surface area contributed by atoms with Gasteiger partial charge in [0.15, 0.2) is 5.96 Å². The van der Waals surface area contributed by atoms with E-state index in [1.807, 2.05) is 0 Å². The molecule has 0 amide bonds. The molecule has 0 fully saturated rings. The first kappa shape index (κ1) is 18.2. The van der Waals surface area contributed by atoms with Crippen LogP contribution in [-0.4, -0.2) is 19.0 Å². The van der Waals surface area contributed by atoms with Crippen molar-refractivity contribution in [2.24, 2.45) is 10.9 Å². The van der Waals surface area contributed by atoms with Crippen LogP contribution in [-0.2, 0) is 6.54 Å². The molecule has 0 saturated carbocycles. The summed E-state index contributed by atoms with van der Waals surface area (Å²) in [7, 11) is 0. The molecule has 0 aliphatic rings. The van der Waals surface area contributed by atoms with Gasteiger partial charge in [-0.1, -0.05) is 13.8 Å². The van der Waals surface area contributed by atoms with E-state index in [0.717, 1.165) is 29.4 Å². The number of rotatable bonds is 5. The van der Waals surface area contributed by atoms with Gasteiger partial charge in [-0.2, -0.15) is 0 Å². The number of hydrogen-bond donors (Lipinski definition) is 2. The topological polar surface area (TPSA) is 36.4 Å². The van der Waals surface area contributed by atoms with Gasteiger partial charge >= 0.3 is 0 Å². The van der Waals surface area contributed by atoms with Gasteiger partial charge in [0, 0.05) is 18.0 Å². The highest BCUT2D eigenvalue weighted by atomic mass is 127. The van der Waals surface area contributed by atoms with Crippen LogP contribution >= 0.6 is 51.2 Å². The monoisotopic (exact) mass is 445 g/mol. The highest BCUT2D eigenvalue weighted by Crippen LogP contribution is 2.22. The zero-order valence-electron chi connectivity index (χ0n) is 11.0. The Morgan fingerprint density at radius 3 is 2.61 bits per heavy atom. The van der Waals surface area contributed by atoms with Gasteiger partial charge in [0.05, 0.1) is 10.3 Å². The number of aliphatic imine (C=N–C) groups is 1. The molecule has 0 aliphatic carbocycles. The number of thiophene rings is 1. The zero-order valence-corrected chi connectivity index (χ0v) is 15.7. The van der Waals surface area contributed by atoms with E-state index in [1.54, 1.807) is 11.3 Å². The van der Waals surface area contributed by atoms with Crippen LogP contribution in [0.25, 0.3) is 0 Å². The summed E-state index contributed by atoms with van der Waals surface area (Å²) in [6.45, 7) is 9.01. The average Bonchev–Trinajstić information content (AvgIpc) is 2.68. The molecule has 104 valence electrons. The minimum atomic E-state index is 0. The number of hydrogen-bond acceptors (Lipinski definition) is 2. The fourth-order valence-electron chi connectivity index (χ4n) is 1.24. The minimum Gasteiger partial charge on any atom is -0.357 e. The lowest BCUT2D eigenvalue weighted by atomic mass is 10.2. The van der Waals surface area contributed by atoms with Crippen molar-refractivity contribution < 1.29 is 0 Å². The van der Waals surface area contributed by atoms with E-state index in [4.69, 9.17) is 0 Å². The molecule has 0 atom stereocenters. The van der Waals surface area contributed by atoms with Crippen molar-refractivity contribution in [3.8, 4) is 0 Å². The summed E-state index contributed by atoms with van der Waals surface area (Å²) in [6, 6.07) is 4.16. The minimum absolute atomic E-state index is 0. The quantitative estimate of drug-likeness (QED) is 0.410. The number of halogens is 2. The number of nitrogens with zero attached hydrogens (tertiary/aromatic N) is 1. The maximum Gasteiger partial charge on any atom is 0.191 e. The van der Waals surface area contributed by atoms with E-state index >= 15 is 0 Å². The van der Waals surface area contributed by atoms with E-state index in [0.29, 0.717) is 5.92 Å². The lowest BCUT2D eigenvalue weighted by Crippen LogP contribution is -2.39. The van der Waals surface area contributed by atoms with Crippen molar-refractivity contribution in [3.63, 3.8) is 0 Å². The Bertz CT molecular complexity index is 366. The van der Waals surface area contributed by atoms with Gasteiger partial charge in [0.25, 0.3) is 0 Å². The van der Waals surface area contributed by atoms with E-state index in [9.17, 15) is 0 Å². The Balaban J connectivity index is 0.00000289. The summed E-state index contributed by atoms with van der Waals surface area (Å²) in [5.74, 6) is 1.51. The number of guanidine groups is 1. The van der Waals surface area contributed by atoms with Crippen LogP contribution in [0.4, 0.5) is 0 Å². The van der Waals surface area contributed by atoms with Crippen LogP contribution in [0.5, 0.6) is 0 Å². The Labute approximate surface area is 139 Å². The first-order valence-electron chi connectivity index (χ1n) is 5.88. The molecule has 18 heavy (non-hydrogen) atoms. The summed E-state index contributed by atoms with van der Waals surface area (Å²) in [5.41, 5.74) is 0. The fourth-order valence-corrected chi connectivity index (χ4v) is 2.64. The molecule has 6 heteroatoms. The maximum atomic E-state index is 4.55. The molecule has 0 aliphatic heterocycles. The van der Waals surface area contributed by atoms with Gasteiger partial charge in [-0.05, 0) is 40.9 Å². The van der Waals surface area contributed by atoms with Gasteiger partial charge in [-0.25, -0.2) is 4.99 Å². The summed E-state index contributed by atoms with van der Waals surface area (Å²) in [6.07, 6.45) is 0. The molecule has 0 saturated heterocycles. The molecule has 1 rings (SSSR count). The predicted molar refractivity (Wildman–Crippen MR) is 95.1 cm³/mol. The molecule has 0 unspecified atom stereocenters. The Morgan fingerprint density at radius 2 is 2.11 bits per heavy atom. The Morgan fingerprint density at radius 1 is 1.39 bits per heavy atom. The average molecular weight is 446 g/mol. The number of nitrogens with one attached hydrogen (secondary N) is 2. The van der Waals surface area contributed by atoms with Crippen molar-refractivity contribution in [2.45, 2.75) is 27.3 Å². The highest BCUT2D eigenvalue weighted by Gasteiger charge is 2.00. The first-order valence-corrected chi connectivity index (χ1v) is 7.49. The van der Waals surface area contributed by atoms with Crippen LogP contribution in [0, 0.1) is 5.92 Å². The van der Waals surface area contributed by atoms with Gasteiger partial charge in [-0.3, -0.25) is 0 Å². The summed E-state index contributed by atoms with van der Waals surface area (Å²) in [5, 5.41) is 6.58. The molecule has 0 aromatic carbocycles. The van der Waals surface area contributed by atoms with Crippen LogP contribution in [0.1, 0.15) is 25.6 Å². The second-order valence-corrected chi connectivity index (χ2v) is 6.72. The van der Waals surface area contributed by atoms with Crippen molar-refractivity contribution in [1.82, 2.24) is 10.6 Å². The molecule has 1 heterocycles. The molecule has 3 nitrogen and oxygen atoms in total. The lowest BCUT2D eigenvalue weighted by Gasteiger charge is -2.12. The van der Waals surface area contributed by atoms with Gasteiger partial charge in [0.2, 0.25) is 0 Å². The van der Waals surface area contributed by atoms with Crippen molar-refractivity contribution in [3.05, 3.63) is 20.8 Å². The van der Waals surface area contributed by atoms with Crippen molar-refractivity contribution >= 4 is 57.2 Å². The highest BCUT2D eigenvalue weighted by molar-refractivity contribution is 14.0. The van der Waals surface area contributed by atoms with Crippen LogP contribution in [0.2, 0.25) is 0 Å². The summed E-state index contributed by atoms with van der Waals surface area (Å²) in [4.78, 5) is 5.82. The van der Waals surface area contributed by atoms with Gasteiger partial charge in [0.1, 0.15) is 0 Å². The molecule has 2 N–H and O–H groups in total. The standard InChI is InChI=1S/C12H20BrN3S.HI/c1-4-14-12(15-7-9(2)3)16-8-10-5-6-11(13)17-10;/h5-6,9H,4,7-8H2,1-3H3,(H2,14,15,16);1H. The second kappa shape index (κ2) is 10.0. The van der Waals surface area contributed by atoms with Gasteiger partial charge in [-0.15, -0.1) is 35.3 Å². The third-order valence-corrected chi connectivity index (χ3v) is 3.65. The van der Waals surface area contributed by atoms with Crippen LogP contribution < -0.4 is 10.6 Å². The molecule has 0 radical (unpaired) electrons. The van der Waals surface area contributed by atoms with Crippen molar-refractivity contribution in [2.75, 3.05) is 13.1 Å². The van der Waals surface area contributed by atoms with E-state index in [2.05, 4.69) is 64.5 Å². The Kier molecular flexibility index (Phi) is 10.1. The largest absolute Gasteiger partial charge is 0.357 e. The van der Waals surface area contributed by atoms with E-state index < -0.39 is 0 Å². The third kappa shape index (κ3) is 7.58. The Hall–Kier alpha value is 0.180. The maximum absolute atomic E-state index is 4.55. The molecular weight excluding hydrogens is 425 g/mol. The molecule has 1 aromatic rings. The normalized spacial score (nSPS) is 11.3. The molecule has 0 bridgehead atoms. The molecule has 1 aromatic heterocycles. The summed E-state index contributed by atoms with van der Waals surface area (Å²) < 4.78 is 1.16. The van der Waals surface area contributed by atoms with Gasteiger partial charge < -0.3 is 10.6 Å². The molecular formula is C12H21BrIN3S. The molecule has 0 spiro atoms. The third-order valence-electron chi connectivity index (χ3n) is 2.04. The summed E-state index contributed by atoms with van der Waals surface area (Å²) >= 11 is 5.18. The smallest absolute Gasteiger partial charge is 0.191 e. The second-order valence-electron chi connectivity index (χ2n) is 4.18.